The molecule has 154 valence electrons. The smallest absolute Gasteiger partial charge is 0.344 e. The molecule has 10 heteroatoms. The van der Waals surface area contributed by atoms with Crippen molar-refractivity contribution in [1.29, 1.82) is 0 Å². The van der Waals surface area contributed by atoms with Gasteiger partial charge in [0.15, 0.2) is 10.4 Å². The van der Waals surface area contributed by atoms with Crippen LogP contribution in [0, 0.1) is 0 Å². The zero-order valence-corrected chi connectivity index (χ0v) is 17.1. The summed E-state index contributed by atoms with van der Waals surface area (Å²) in [6.45, 7) is 1.42. The van der Waals surface area contributed by atoms with Crippen LogP contribution in [0.5, 0.6) is 11.5 Å². The first kappa shape index (κ1) is 21.3. The van der Waals surface area contributed by atoms with Gasteiger partial charge in [0.1, 0.15) is 17.1 Å². The van der Waals surface area contributed by atoms with Crippen LogP contribution in [0.1, 0.15) is 22.8 Å². The van der Waals surface area contributed by atoms with Crippen LogP contribution < -0.4 is 9.64 Å². The summed E-state index contributed by atoms with van der Waals surface area (Å²) < 4.78 is 5.49. The molecule has 0 aromatic heterocycles. The predicted molar refractivity (Wildman–Crippen MR) is 115 cm³/mol. The van der Waals surface area contributed by atoms with Gasteiger partial charge in [-0.05, 0) is 48.9 Å². The summed E-state index contributed by atoms with van der Waals surface area (Å²) in [5, 5.41) is 27.7. The van der Waals surface area contributed by atoms with Crippen LogP contribution in [0.2, 0.25) is 0 Å². The number of carbonyl (C=O) groups excluding carboxylic acids is 1. The molecule has 1 unspecified atom stereocenters. The Hall–Kier alpha value is -3.37. The second-order valence-electron chi connectivity index (χ2n) is 6.19. The summed E-state index contributed by atoms with van der Waals surface area (Å²) in [4.78, 5) is 36.4. The monoisotopic (exact) mass is 445 g/mol. The summed E-state index contributed by atoms with van der Waals surface area (Å²) in [6, 6.07) is 10.3. The van der Waals surface area contributed by atoms with Gasteiger partial charge in [-0.2, -0.15) is 0 Å². The molecule has 1 heterocycles. The molecular formula is C20H15NO7S2. The third kappa shape index (κ3) is 4.44. The number of thiocarbonyl (C=S) groups is 1. The Labute approximate surface area is 180 Å². The van der Waals surface area contributed by atoms with E-state index in [2.05, 4.69) is 0 Å². The van der Waals surface area contributed by atoms with Gasteiger partial charge in [0.25, 0.3) is 5.91 Å². The molecule has 0 aliphatic carbocycles. The number of carboxylic acid groups (broad SMARTS) is 2. The quantitative estimate of drug-likeness (QED) is 0.453. The number of aromatic carboxylic acids is 1. The van der Waals surface area contributed by atoms with Crippen LogP contribution in [0.25, 0.3) is 6.08 Å². The molecule has 1 aliphatic rings. The number of benzene rings is 2. The van der Waals surface area contributed by atoms with Crippen molar-refractivity contribution in [2.24, 2.45) is 0 Å². The van der Waals surface area contributed by atoms with E-state index in [0.717, 1.165) is 11.8 Å². The predicted octanol–water partition coefficient (Wildman–Crippen LogP) is 3.35. The molecule has 1 amide bonds. The summed E-state index contributed by atoms with van der Waals surface area (Å²) in [7, 11) is 0. The van der Waals surface area contributed by atoms with Crippen LogP contribution in [0.15, 0.2) is 47.4 Å². The van der Waals surface area contributed by atoms with Crippen molar-refractivity contribution in [3.05, 3.63) is 58.5 Å². The SMILES string of the molecule is CC(Oc1ccc(/C=C2\SC(=S)N(c3ccc(O)c(C(=O)O)c3)C2=O)cc1)C(=O)O. The number of aromatic hydroxyl groups is 1. The average Bonchev–Trinajstić information content (AvgIpc) is 2.96. The molecule has 3 rings (SSSR count). The highest BCUT2D eigenvalue weighted by Gasteiger charge is 2.34. The van der Waals surface area contributed by atoms with Crippen molar-refractivity contribution < 1.29 is 34.4 Å². The number of carbonyl (C=O) groups is 3. The molecule has 2 aromatic carbocycles. The molecule has 0 spiro atoms. The van der Waals surface area contributed by atoms with Gasteiger partial charge in [0.05, 0.1) is 10.6 Å². The van der Waals surface area contributed by atoms with E-state index in [9.17, 15) is 19.5 Å². The van der Waals surface area contributed by atoms with E-state index in [0.29, 0.717) is 16.2 Å². The number of rotatable bonds is 6. The minimum atomic E-state index is -1.32. The van der Waals surface area contributed by atoms with Crippen LogP contribution in [0.3, 0.4) is 0 Å². The molecule has 0 bridgehead atoms. The summed E-state index contributed by atoms with van der Waals surface area (Å²) in [5.41, 5.74) is 0.571. The van der Waals surface area contributed by atoms with Gasteiger partial charge in [-0.3, -0.25) is 9.69 Å². The van der Waals surface area contributed by atoms with E-state index >= 15 is 0 Å². The van der Waals surface area contributed by atoms with E-state index in [4.69, 9.17) is 27.2 Å². The van der Waals surface area contributed by atoms with Crippen LogP contribution >= 0.6 is 24.0 Å². The molecule has 3 N–H and O–H groups in total. The van der Waals surface area contributed by atoms with Crippen LogP contribution in [-0.4, -0.2) is 43.6 Å². The lowest BCUT2D eigenvalue weighted by Crippen LogP contribution is -2.27. The number of phenols is 1. The summed E-state index contributed by atoms with van der Waals surface area (Å²) in [6.07, 6.45) is 0.621. The number of hydrogen-bond acceptors (Lipinski definition) is 7. The van der Waals surface area contributed by atoms with Gasteiger partial charge in [-0.25, -0.2) is 9.59 Å². The van der Waals surface area contributed by atoms with Crippen molar-refractivity contribution in [1.82, 2.24) is 0 Å². The zero-order valence-electron chi connectivity index (χ0n) is 15.4. The fraction of sp³-hybridized carbons (Fsp3) is 0.100. The number of aliphatic carboxylic acids is 1. The second kappa shape index (κ2) is 8.56. The number of hydrogen-bond donors (Lipinski definition) is 3. The second-order valence-corrected chi connectivity index (χ2v) is 7.87. The highest BCUT2D eigenvalue weighted by Crippen LogP contribution is 2.37. The first-order valence-corrected chi connectivity index (χ1v) is 9.73. The van der Waals surface area contributed by atoms with E-state index in [1.807, 2.05) is 0 Å². The Balaban J connectivity index is 1.82. The lowest BCUT2D eigenvalue weighted by molar-refractivity contribution is -0.144. The van der Waals surface area contributed by atoms with Gasteiger partial charge >= 0.3 is 11.9 Å². The Bertz CT molecular complexity index is 1080. The molecule has 2 aromatic rings. The average molecular weight is 445 g/mol. The highest BCUT2D eigenvalue weighted by atomic mass is 32.2. The molecule has 1 fully saturated rings. The van der Waals surface area contributed by atoms with Crippen molar-refractivity contribution in [2.45, 2.75) is 13.0 Å². The maximum absolute atomic E-state index is 12.8. The fourth-order valence-electron chi connectivity index (χ4n) is 2.57. The standard InChI is InChI=1S/C20H15NO7S2/c1-10(18(24)25)28-13-5-2-11(3-6-13)8-16-17(23)21(20(29)30-16)12-4-7-15(22)14(9-12)19(26)27/h2-10,22H,1H3,(H,24,25)(H,26,27)/b16-8-. The van der Waals surface area contributed by atoms with E-state index in [1.165, 1.54) is 30.0 Å². The van der Waals surface area contributed by atoms with Gasteiger partial charge in [0, 0.05) is 0 Å². The molecule has 8 nitrogen and oxygen atoms in total. The number of anilines is 1. The summed E-state index contributed by atoms with van der Waals surface area (Å²) >= 11 is 6.33. The largest absolute Gasteiger partial charge is 0.507 e. The van der Waals surface area contributed by atoms with Crippen molar-refractivity contribution in [3.63, 3.8) is 0 Å². The topological polar surface area (TPSA) is 124 Å². The lowest BCUT2D eigenvalue weighted by Gasteiger charge is -2.15. The number of thioether (sulfide) groups is 1. The van der Waals surface area contributed by atoms with Gasteiger partial charge in [0.2, 0.25) is 0 Å². The highest BCUT2D eigenvalue weighted by molar-refractivity contribution is 8.27. The molecule has 30 heavy (non-hydrogen) atoms. The van der Waals surface area contributed by atoms with Crippen LogP contribution in [0.4, 0.5) is 5.69 Å². The van der Waals surface area contributed by atoms with E-state index < -0.39 is 29.7 Å². The number of carboxylic acids is 2. The van der Waals surface area contributed by atoms with Crippen LogP contribution in [-0.2, 0) is 9.59 Å². The number of nitrogens with zero attached hydrogens (tertiary/aromatic N) is 1. The minimum absolute atomic E-state index is 0.225. The van der Waals surface area contributed by atoms with Crippen molar-refractivity contribution in [3.8, 4) is 11.5 Å². The number of amides is 1. The molecule has 0 radical (unpaired) electrons. The lowest BCUT2D eigenvalue weighted by atomic mass is 10.1. The molecular weight excluding hydrogens is 430 g/mol. The fourth-order valence-corrected chi connectivity index (χ4v) is 3.87. The van der Waals surface area contributed by atoms with Crippen molar-refractivity contribution >= 4 is 57.9 Å². The van der Waals surface area contributed by atoms with Gasteiger partial charge in [-0.1, -0.05) is 36.1 Å². The Morgan fingerprint density at radius 1 is 1.17 bits per heavy atom. The Morgan fingerprint density at radius 2 is 1.83 bits per heavy atom. The number of ether oxygens (including phenoxy) is 1. The third-order valence-corrected chi connectivity index (χ3v) is 5.40. The maximum Gasteiger partial charge on any atom is 0.344 e. The molecule has 0 saturated carbocycles. The molecule has 1 atom stereocenters. The van der Waals surface area contributed by atoms with E-state index in [-0.39, 0.29) is 15.6 Å². The third-order valence-electron chi connectivity index (χ3n) is 4.10. The first-order chi connectivity index (χ1) is 14.2. The minimum Gasteiger partial charge on any atom is -0.507 e. The molecule has 1 saturated heterocycles. The Kier molecular flexibility index (Phi) is 6.09. The van der Waals surface area contributed by atoms with Gasteiger partial charge in [-0.15, -0.1) is 0 Å². The van der Waals surface area contributed by atoms with E-state index in [1.54, 1.807) is 30.3 Å². The van der Waals surface area contributed by atoms with Gasteiger partial charge < -0.3 is 20.1 Å². The normalized spacial score (nSPS) is 16.0. The zero-order chi connectivity index (χ0) is 22.0. The first-order valence-electron chi connectivity index (χ1n) is 8.51. The maximum atomic E-state index is 12.8. The Morgan fingerprint density at radius 3 is 2.43 bits per heavy atom. The summed E-state index contributed by atoms with van der Waals surface area (Å²) in [5.74, 6) is -2.86. The molecule has 1 aliphatic heterocycles. The van der Waals surface area contributed by atoms with Crippen molar-refractivity contribution in [2.75, 3.05) is 4.90 Å².